The third-order valence-electron chi connectivity index (χ3n) is 3.49. The molecule has 132 valence electrons. The van der Waals surface area contributed by atoms with Crippen molar-refractivity contribution in [3.8, 4) is 5.75 Å². The van der Waals surface area contributed by atoms with E-state index < -0.39 is 5.69 Å². The number of aromatic amines is 1. The number of ether oxygens (including phenoxy) is 1. The van der Waals surface area contributed by atoms with Crippen LogP contribution < -0.4 is 15.9 Å². The second kappa shape index (κ2) is 8.02. The number of hydrazone groups is 1. The summed E-state index contributed by atoms with van der Waals surface area (Å²) in [7, 11) is 0. The molecule has 8 heteroatoms. The molecule has 0 aliphatic carbocycles. The molecule has 1 heterocycles. The maximum Gasteiger partial charge on any atom is 0.363 e. The molecular weight excluding hydrogens is 337 g/mol. The van der Waals surface area contributed by atoms with E-state index in [1.54, 1.807) is 55.6 Å². The van der Waals surface area contributed by atoms with Crippen molar-refractivity contribution in [2.24, 2.45) is 5.10 Å². The summed E-state index contributed by atoms with van der Waals surface area (Å²) in [5.41, 5.74) is 3.96. The van der Waals surface area contributed by atoms with Gasteiger partial charge in [0, 0.05) is 5.56 Å². The highest BCUT2D eigenvalue weighted by Crippen LogP contribution is 2.15. The average molecular weight is 353 g/mol. The summed E-state index contributed by atoms with van der Waals surface area (Å²) in [5, 5.41) is 10.1. The Hall–Kier alpha value is -3.55. The Kier molecular flexibility index (Phi) is 5.33. The molecule has 2 aromatic carbocycles. The van der Waals surface area contributed by atoms with Crippen LogP contribution in [0.1, 0.15) is 16.8 Å². The fourth-order valence-electron chi connectivity index (χ4n) is 2.09. The molecule has 0 aliphatic rings. The van der Waals surface area contributed by atoms with Crippen molar-refractivity contribution >= 4 is 12.0 Å². The second-order valence-electron chi connectivity index (χ2n) is 5.39. The molecule has 26 heavy (non-hydrogen) atoms. The van der Waals surface area contributed by atoms with Gasteiger partial charge in [0.25, 0.3) is 0 Å². The molecule has 0 aliphatic heterocycles. The fraction of sp³-hybridized carbons (Fsp3) is 0.111. The molecule has 0 fully saturated rings. The van der Waals surface area contributed by atoms with E-state index in [-0.39, 0.29) is 18.2 Å². The highest BCUT2D eigenvalue weighted by atomic mass is 19.1. The van der Waals surface area contributed by atoms with Crippen LogP contribution in [0.3, 0.4) is 0 Å². The summed E-state index contributed by atoms with van der Waals surface area (Å²) in [6, 6.07) is 13.6. The Balaban J connectivity index is 1.58. The Bertz CT molecular complexity index is 970. The lowest BCUT2D eigenvalue weighted by atomic mass is 10.2. The summed E-state index contributed by atoms with van der Waals surface area (Å²) in [6.07, 6.45) is 1.57. The minimum atomic E-state index is -0.551. The number of rotatable bonds is 6. The Morgan fingerprint density at radius 2 is 2.00 bits per heavy atom. The van der Waals surface area contributed by atoms with Gasteiger partial charge in [0.05, 0.1) is 6.21 Å². The van der Waals surface area contributed by atoms with Crippen molar-refractivity contribution in [2.45, 2.75) is 13.5 Å². The van der Waals surface area contributed by atoms with E-state index in [1.807, 2.05) is 0 Å². The van der Waals surface area contributed by atoms with E-state index in [0.29, 0.717) is 17.0 Å². The lowest BCUT2D eigenvalue weighted by Gasteiger charge is -2.07. The van der Waals surface area contributed by atoms with Crippen molar-refractivity contribution in [3.63, 3.8) is 0 Å². The maximum atomic E-state index is 13.6. The number of aromatic nitrogens is 3. The number of H-pyrrole nitrogens is 1. The first-order valence-corrected chi connectivity index (χ1v) is 7.80. The lowest BCUT2D eigenvalue weighted by Crippen LogP contribution is -2.15. The van der Waals surface area contributed by atoms with Crippen LogP contribution in [0.5, 0.6) is 5.75 Å². The van der Waals surface area contributed by atoms with Gasteiger partial charge in [0.2, 0.25) is 0 Å². The van der Waals surface area contributed by atoms with Crippen molar-refractivity contribution in [1.82, 2.24) is 15.2 Å². The second-order valence-corrected chi connectivity index (χ2v) is 5.39. The topological polar surface area (TPSA) is 92.3 Å². The van der Waals surface area contributed by atoms with E-state index >= 15 is 0 Å². The van der Waals surface area contributed by atoms with E-state index in [2.05, 4.69) is 25.7 Å². The molecule has 0 bridgehead atoms. The first-order valence-electron chi connectivity index (χ1n) is 7.80. The van der Waals surface area contributed by atoms with E-state index in [0.717, 1.165) is 5.56 Å². The number of nitrogens with one attached hydrogen (secondary N) is 2. The first-order chi connectivity index (χ1) is 12.6. The summed E-state index contributed by atoms with van der Waals surface area (Å²) >= 11 is 0. The molecule has 0 atom stereocenters. The molecule has 0 radical (unpaired) electrons. The van der Waals surface area contributed by atoms with E-state index in [1.165, 1.54) is 6.07 Å². The molecule has 2 N–H and O–H groups in total. The molecule has 1 aromatic heterocycles. The number of aryl methyl sites for hydroxylation is 1. The third-order valence-corrected chi connectivity index (χ3v) is 3.49. The van der Waals surface area contributed by atoms with Gasteiger partial charge in [0.1, 0.15) is 23.9 Å². The summed E-state index contributed by atoms with van der Waals surface area (Å²) in [6.45, 7) is 1.85. The molecule has 0 amide bonds. The monoisotopic (exact) mass is 353 g/mol. The Morgan fingerprint density at radius 1 is 1.23 bits per heavy atom. The van der Waals surface area contributed by atoms with Gasteiger partial charge in [-0.05, 0) is 42.8 Å². The highest BCUT2D eigenvalue weighted by molar-refractivity contribution is 5.80. The summed E-state index contributed by atoms with van der Waals surface area (Å²) < 4.78 is 19.1. The smallest absolute Gasteiger partial charge is 0.363 e. The largest absolute Gasteiger partial charge is 0.489 e. The van der Waals surface area contributed by atoms with Gasteiger partial charge in [0.15, 0.2) is 5.82 Å². The van der Waals surface area contributed by atoms with Crippen LogP contribution in [0.4, 0.5) is 10.2 Å². The van der Waals surface area contributed by atoms with Crippen LogP contribution in [0, 0.1) is 12.7 Å². The van der Waals surface area contributed by atoms with Crippen LogP contribution >= 0.6 is 0 Å². The van der Waals surface area contributed by atoms with Crippen molar-refractivity contribution in [2.75, 3.05) is 5.43 Å². The fourth-order valence-corrected chi connectivity index (χ4v) is 2.09. The van der Waals surface area contributed by atoms with Gasteiger partial charge < -0.3 is 4.74 Å². The molecular formula is C18H16FN5O2. The van der Waals surface area contributed by atoms with Crippen LogP contribution in [0.2, 0.25) is 0 Å². The zero-order chi connectivity index (χ0) is 18.4. The molecule has 0 spiro atoms. The Labute approximate surface area is 148 Å². The number of halogens is 1. The number of hydrogen-bond donors (Lipinski definition) is 2. The van der Waals surface area contributed by atoms with Gasteiger partial charge >= 0.3 is 5.69 Å². The molecule has 7 nitrogen and oxygen atoms in total. The van der Waals surface area contributed by atoms with Crippen LogP contribution in [0.15, 0.2) is 58.4 Å². The van der Waals surface area contributed by atoms with E-state index in [4.69, 9.17) is 4.74 Å². The quantitative estimate of drug-likeness (QED) is 0.525. The predicted octanol–water partition coefficient (Wildman–Crippen LogP) is 2.64. The maximum absolute atomic E-state index is 13.6. The third kappa shape index (κ3) is 4.50. The summed E-state index contributed by atoms with van der Waals surface area (Å²) in [4.78, 5) is 14.9. The SMILES string of the molecule is Cc1n[nH]c(=O)nc1NN=Cc1ccc(OCc2ccccc2F)cc1. The average Bonchev–Trinajstić information content (AvgIpc) is 2.65. The van der Waals surface area contributed by atoms with Crippen molar-refractivity contribution in [3.05, 3.63) is 81.7 Å². The Morgan fingerprint density at radius 3 is 2.77 bits per heavy atom. The van der Waals surface area contributed by atoms with Gasteiger partial charge in [-0.1, -0.05) is 18.2 Å². The van der Waals surface area contributed by atoms with E-state index in [9.17, 15) is 9.18 Å². The minimum absolute atomic E-state index is 0.155. The first kappa shape index (κ1) is 17.3. The molecule has 0 saturated heterocycles. The predicted molar refractivity (Wildman–Crippen MR) is 95.8 cm³/mol. The van der Waals surface area contributed by atoms with Gasteiger partial charge in [-0.2, -0.15) is 15.2 Å². The van der Waals surface area contributed by atoms with Gasteiger partial charge in [-0.25, -0.2) is 14.3 Å². The lowest BCUT2D eigenvalue weighted by molar-refractivity contribution is 0.300. The zero-order valence-electron chi connectivity index (χ0n) is 13.9. The van der Waals surface area contributed by atoms with Crippen molar-refractivity contribution < 1.29 is 9.13 Å². The van der Waals surface area contributed by atoms with Crippen LogP contribution in [-0.2, 0) is 6.61 Å². The van der Waals surface area contributed by atoms with Gasteiger partial charge in [-0.15, -0.1) is 0 Å². The number of benzene rings is 2. The van der Waals surface area contributed by atoms with Gasteiger partial charge in [-0.3, -0.25) is 5.43 Å². The standard InChI is InChI=1S/C18H16FN5O2/c1-12-17(21-18(25)24-22-12)23-20-10-13-6-8-15(9-7-13)26-11-14-4-2-3-5-16(14)19/h2-10H,11H2,1H3,(H2,21,23,24,25). The van der Waals surface area contributed by atoms with Crippen LogP contribution in [0.25, 0.3) is 0 Å². The molecule has 3 aromatic rings. The normalized spacial score (nSPS) is 10.8. The number of anilines is 1. The molecule has 3 rings (SSSR count). The minimum Gasteiger partial charge on any atom is -0.489 e. The van der Waals surface area contributed by atoms with Crippen molar-refractivity contribution in [1.29, 1.82) is 0 Å². The zero-order valence-corrected chi connectivity index (χ0v) is 13.9. The number of nitrogens with zero attached hydrogens (tertiary/aromatic N) is 3. The highest BCUT2D eigenvalue weighted by Gasteiger charge is 2.02. The summed E-state index contributed by atoms with van der Waals surface area (Å²) in [5.74, 6) is 0.616. The molecule has 0 saturated carbocycles. The number of hydrogen-bond acceptors (Lipinski definition) is 6. The van der Waals surface area contributed by atoms with Crippen LogP contribution in [-0.4, -0.2) is 21.4 Å². The molecule has 0 unspecified atom stereocenters.